The molecule has 16 heavy (non-hydrogen) atoms. The standard InChI is InChI=1S/C12H18N2O2/c1-4-11(12(15)16)7-8-13-14-9(2)5-6-10(14)3/h5-7,13H,4,8H2,1-3H3,(H,15,16)/b11-7-. The van der Waals surface area contributed by atoms with Crippen LogP contribution in [0.2, 0.25) is 0 Å². The largest absolute Gasteiger partial charge is 0.478 e. The van der Waals surface area contributed by atoms with Crippen LogP contribution in [-0.4, -0.2) is 22.3 Å². The van der Waals surface area contributed by atoms with Crippen molar-refractivity contribution >= 4 is 5.97 Å². The number of hydrogen-bond donors (Lipinski definition) is 2. The summed E-state index contributed by atoms with van der Waals surface area (Å²) in [5.74, 6) is -0.842. The van der Waals surface area contributed by atoms with Gasteiger partial charge in [0.25, 0.3) is 0 Å². The van der Waals surface area contributed by atoms with Crippen molar-refractivity contribution in [3.05, 3.63) is 35.2 Å². The molecule has 0 aliphatic heterocycles. The summed E-state index contributed by atoms with van der Waals surface area (Å²) in [5.41, 5.74) is 5.82. The second kappa shape index (κ2) is 5.39. The second-order valence-corrected chi connectivity index (χ2v) is 3.70. The highest BCUT2D eigenvalue weighted by atomic mass is 16.4. The molecule has 0 amide bonds. The molecular formula is C12H18N2O2. The van der Waals surface area contributed by atoms with Gasteiger partial charge in [-0.15, -0.1) is 0 Å². The van der Waals surface area contributed by atoms with Crippen LogP contribution in [0.1, 0.15) is 24.7 Å². The van der Waals surface area contributed by atoms with Gasteiger partial charge in [0.1, 0.15) is 0 Å². The molecule has 4 nitrogen and oxygen atoms in total. The Morgan fingerprint density at radius 3 is 2.44 bits per heavy atom. The molecule has 0 saturated carbocycles. The zero-order valence-corrected chi connectivity index (χ0v) is 9.95. The lowest BCUT2D eigenvalue weighted by Gasteiger charge is -2.10. The number of nitrogens with one attached hydrogen (secondary N) is 1. The summed E-state index contributed by atoms with van der Waals surface area (Å²) in [6, 6.07) is 4.04. The van der Waals surface area contributed by atoms with Crippen molar-refractivity contribution < 1.29 is 9.90 Å². The van der Waals surface area contributed by atoms with Crippen molar-refractivity contribution in [2.75, 3.05) is 12.0 Å². The molecule has 4 heteroatoms. The van der Waals surface area contributed by atoms with E-state index >= 15 is 0 Å². The SMILES string of the molecule is CC/C(=C/CNn1c(C)ccc1C)C(=O)O. The van der Waals surface area contributed by atoms with Crippen molar-refractivity contribution in [3.63, 3.8) is 0 Å². The van der Waals surface area contributed by atoms with Gasteiger partial charge >= 0.3 is 5.97 Å². The summed E-state index contributed by atoms with van der Waals surface area (Å²) in [4.78, 5) is 10.8. The van der Waals surface area contributed by atoms with Crippen LogP contribution in [0, 0.1) is 13.8 Å². The van der Waals surface area contributed by atoms with Gasteiger partial charge in [0.2, 0.25) is 0 Å². The van der Waals surface area contributed by atoms with Gasteiger partial charge in [0.15, 0.2) is 0 Å². The second-order valence-electron chi connectivity index (χ2n) is 3.70. The summed E-state index contributed by atoms with van der Waals surface area (Å²) in [5, 5.41) is 8.84. The minimum atomic E-state index is -0.842. The van der Waals surface area contributed by atoms with Crippen LogP contribution in [-0.2, 0) is 4.79 Å². The van der Waals surface area contributed by atoms with E-state index < -0.39 is 5.97 Å². The highest BCUT2D eigenvalue weighted by molar-refractivity contribution is 5.86. The summed E-state index contributed by atoms with van der Waals surface area (Å²) in [6.45, 7) is 6.36. The molecule has 1 aromatic heterocycles. The van der Waals surface area contributed by atoms with Gasteiger partial charge in [-0.25, -0.2) is 4.79 Å². The molecule has 0 aliphatic rings. The number of carboxylic acid groups (broad SMARTS) is 1. The van der Waals surface area contributed by atoms with Crippen molar-refractivity contribution in [2.45, 2.75) is 27.2 Å². The Morgan fingerprint density at radius 1 is 1.44 bits per heavy atom. The van der Waals surface area contributed by atoms with Crippen LogP contribution >= 0.6 is 0 Å². The molecule has 0 aromatic carbocycles. The monoisotopic (exact) mass is 222 g/mol. The third-order valence-corrected chi connectivity index (χ3v) is 2.52. The van der Waals surface area contributed by atoms with Crippen LogP contribution in [0.15, 0.2) is 23.8 Å². The average molecular weight is 222 g/mol. The first-order valence-corrected chi connectivity index (χ1v) is 5.37. The van der Waals surface area contributed by atoms with Gasteiger partial charge < -0.3 is 10.5 Å². The summed E-state index contributed by atoms with van der Waals surface area (Å²) < 4.78 is 1.95. The molecule has 0 spiro atoms. The predicted molar refractivity (Wildman–Crippen MR) is 64.1 cm³/mol. The Kier molecular flexibility index (Phi) is 4.17. The Morgan fingerprint density at radius 2 is 2.00 bits per heavy atom. The van der Waals surface area contributed by atoms with Crippen LogP contribution in [0.25, 0.3) is 0 Å². The molecule has 88 valence electrons. The third-order valence-electron chi connectivity index (χ3n) is 2.52. The van der Waals surface area contributed by atoms with E-state index in [0.29, 0.717) is 18.5 Å². The van der Waals surface area contributed by atoms with E-state index in [1.165, 1.54) is 0 Å². The Bertz CT molecular complexity index is 386. The molecule has 1 rings (SSSR count). The number of nitrogens with zero attached hydrogens (tertiary/aromatic N) is 1. The van der Waals surface area contributed by atoms with E-state index in [2.05, 4.69) is 5.43 Å². The van der Waals surface area contributed by atoms with E-state index in [1.54, 1.807) is 6.08 Å². The number of carbonyl (C=O) groups is 1. The quantitative estimate of drug-likeness (QED) is 0.750. The van der Waals surface area contributed by atoms with Crippen molar-refractivity contribution in [1.82, 2.24) is 4.68 Å². The molecule has 2 N–H and O–H groups in total. The van der Waals surface area contributed by atoms with E-state index in [0.717, 1.165) is 11.4 Å². The molecule has 0 unspecified atom stereocenters. The van der Waals surface area contributed by atoms with Gasteiger partial charge in [-0.2, -0.15) is 0 Å². The summed E-state index contributed by atoms with van der Waals surface area (Å²) >= 11 is 0. The van der Waals surface area contributed by atoms with Gasteiger partial charge in [-0.05, 0) is 32.4 Å². The molecule has 0 atom stereocenters. The number of carboxylic acids is 1. The first-order chi connectivity index (χ1) is 7.56. The smallest absolute Gasteiger partial charge is 0.331 e. The summed E-state index contributed by atoms with van der Waals surface area (Å²) in [6.07, 6.45) is 2.25. The molecule has 0 aliphatic carbocycles. The fourth-order valence-electron chi connectivity index (χ4n) is 1.56. The van der Waals surface area contributed by atoms with E-state index in [4.69, 9.17) is 5.11 Å². The highest BCUT2D eigenvalue weighted by Gasteiger charge is 2.03. The molecule has 0 bridgehead atoms. The topological polar surface area (TPSA) is 54.3 Å². The number of aromatic nitrogens is 1. The minimum Gasteiger partial charge on any atom is -0.478 e. The number of rotatable bonds is 5. The molecule has 0 saturated heterocycles. The van der Waals surface area contributed by atoms with E-state index in [1.807, 2.05) is 37.6 Å². The van der Waals surface area contributed by atoms with Gasteiger partial charge in [-0.1, -0.05) is 13.0 Å². The van der Waals surface area contributed by atoms with Crippen molar-refractivity contribution in [3.8, 4) is 0 Å². The van der Waals surface area contributed by atoms with Crippen molar-refractivity contribution in [1.29, 1.82) is 0 Å². The zero-order chi connectivity index (χ0) is 12.1. The normalized spacial score (nSPS) is 11.6. The average Bonchev–Trinajstić information content (AvgIpc) is 2.54. The fraction of sp³-hybridized carbons (Fsp3) is 0.417. The molecule has 0 radical (unpaired) electrons. The highest BCUT2D eigenvalue weighted by Crippen LogP contribution is 2.04. The number of aliphatic carboxylic acids is 1. The maximum Gasteiger partial charge on any atom is 0.331 e. The van der Waals surface area contributed by atoms with Crippen LogP contribution in [0.3, 0.4) is 0 Å². The first-order valence-electron chi connectivity index (χ1n) is 5.37. The third kappa shape index (κ3) is 2.89. The molecule has 0 fully saturated rings. The first kappa shape index (κ1) is 12.4. The van der Waals surface area contributed by atoms with Crippen LogP contribution in [0.5, 0.6) is 0 Å². The van der Waals surface area contributed by atoms with E-state index in [-0.39, 0.29) is 0 Å². The minimum absolute atomic E-state index is 0.440. The zero-order valence-electron chi connectivity index (χ0n) is 9.95. The number of aryl methyl sites for hydroxylation is 2. The Hall–Kier alpha value is -1.71. The Labute approximate surface area is 95.6 Å². The lowest BCUT2D eigenvalue weighted by Crippen LogP contribution is -2.18. The lowest BCUT2D eigenvalue weighted by atomic mass is 10.2. The lowest BCUT2D eigenvalue weighted by molar-refractivity contribution is -0.132. The number of hydrogen-bond acceptors (Lipinski definition) is 2. The predicted octanol–water partition coefficient (Wildman–Crippen LogP) is 2.07. The molecule has 1 heterocycles. The van der Waals surface area contributed by atoms with Crippen molar-refractivity contribution in [2.24, 2.45) is 0 Å². The fourth-order valence-corrected chi connectivity index (χ4v) is 1.56. The molecular weight excluding hydrogens is 204 g/mol. The van der Waals surface area contributed by atoms with Gasteiger partial charge in [-0.3, -0.25) is 4.68 Å². The Balaban J connectivity index is 2.62. The van der Waals surface area contributed by atoms with Crippen LogP contribution < -0.4 is 5.43 Å². The van der Waals surface area contributed by atoms with Crippen LogP contribution in [0.4, 0.5) is 0 Å². The van der Waals surface area contributed by atoms with E-state index in [9.17, 15) is 4.79 Å². The maximum atomic E-state index is 10.8. The maximum absolute atomic E-state index is 10.8. The molecule has 1 aromatic rings. The summed E-state index contributed by atoms with van der Waals surface area (Å²) in [7, 11) is 0. The van der Waals surface area contributed by atoms with Gasteiger partial charge in [0, 0.05) is 17.0 Å². The van der Waals surface area contributed by atoms with Gasteiger partial charge in [0.05, 0.1) is 6.54 Å².